The molecule has 0 radical (unpaired) electrons. The summed E-state index contributed by atoms with van der Waals surface area (Å²) in [5, 5.41) is 61.4. The van der Waals surface area contributed by atoms with Gasteiger partial charge in [0.2, 0.25) is 0 Å². The Labute approximate surface area is 234 Å². The Morgan fingerprint density at radius 3 is 2.23 bits per heavy atom. The van der Waals surface area contributed by atoms with E-state index < -0.39 is 59.5 Å². The molecule has 11 heteroatoms. The first-order valence-electron chi connectivity index (χ1n) is 14.3. The Morgan fingerprint density at radius 1 is 1.10 bits per heavy atom. The Bertz CT molecular complexity index is 778. The standard InChI is InChI=1S/C28H55N3O8/c1-10-21-28(9,38)24(34)20(7)31(13-11-12-29-26(36)30-16(2)3)15-17(4)14-27(8,37)23(33)18(5)22(32)19(6)25(35)39-21/h16-24,32-34,37-38H,10-15H2,1-9H3,(H2,29,30,36)/t17-,18+,19-,20-,21-,22+,23-,24-,27-,28-/m1/s1. The van der Waals surface area contributed by atoms with Crippen LogP contribution in [0.2, 0.25) is 0 Å². The van der Waals surface area contributed by atoms with E-state index >= 15 is 0 Å². The molecule has 1 aliphatic heterocycles. The zero-order valence-corrected chi connectivity index (χ0v) is 25.3. The van der Waals surface area contributed by atoms with E-state index in [4.69, 9.17) is 4.74 Å². The minimum Gasteiger partial charge on any atom is -0.459 e. The second-order valence-corrected chi connectivity index (χ2v) is 12.4. The van der Waals surface area contributed by atoms with Crippen LogP contribution in [-0.4, -0.2) is 110 Å². The number of nitrogens with zero attached hydrogens (tertiary/aromatic N) is 1. The average molecular weight is 562 g/mol. The summed E-state index contributed by atoms with van der Waals surface area (Å²) >= 11 is 0. The number of ether oxygens (including phenoxy) is 1. The summed E-state index contributed by atoms with van der Waals surface area (Å²) in [6, 6.07) is -0.845. The van der Waals surface area contributed by atoms with Gasteiger partial charge in [0, 0.05) is 37.6 Å². The molecule has 11 nitrogen and oxygen atoms in total. The van der Waals surface area contributed by atoms with Gasteiger partial charge in [-0.05, 0) is 66.7 Å². The Hall–Kier alpha value is -1.50. The van der Waals surface area contributed by atoms with Gasteiger partial charge < -0.3 is 40.9 Å². The Kier molecular flexibility index (Phi) is 13.6. The minimum atomic E-state index is -1.80. The van der Waals surface area contributed by atoms with E-state index in [1.165, 1.54) is 20.8 Å². The van der Waals surface area contributed by atoms with Gasteiger partial charge in [0.05, 0.1) is 23.7 Å². The molecule has 7 N–H and O–H groups in total. The van der Waals surface area contributed by atoms with E-state index in [1.807, 2.05) is 25.7 Å². The summed E-state index contributed by atoms with van der Waals surface area (Å²) in [6.45, 7) is 16.4. The molecule has 10 atom stereocenters. The van der Waals surface area contributed by atoms with Gasteiger partial charge in [-0.2, -0.15) is 0 Å². The fourth-order valence-corrected chi connectivity index (χ4v) is 5.64. The highest BCUT2D eigenvalue weighted by atomic mass is 16.6. The maximum Gasteiger partial charge on any atom is 0.314 e. The van der Waals surface area contributed by atoms with Crippen molar-refractivity contribution in [1.29, 1.82) is 0 Å². The molecule has 0 bridgehead atoms. The van der Waals surface area contributed by atoms with Crippen molar-refractivity contribution < 1.29 is 39.9 Å². The second kappa shape index (κ2) is 14.9. The van der Waals surface area contributed by atoms with Crippen LogP contribution in [0.15, 0.2) is 0 Å². The molecule has 0 aromatic heterocycles. The summed E-state index contributed by atoms with van der Waals surface area (Å²) < 4.78 is 5.61. The molecule has 230 valence electrons. The number of nitrogens with one attached hydrogen (secondary N) is 2. The fourth-order valence-electron chi connectivity index (χ4n) is 5.64. The number of esters is 1. The molecule has 0 saturated carbocycles. The van der Waals surface area contributed by atoms with Crippen molar-refractivity contribution in [3.05, 3.63) is 0 Å². The predicted octanol–water partition coefficient (Wildman–Crippen LogP) is 0.993. The molecule has 0 unspecified atom stereocenters. The number of carbonyl (C=O) groups excluding carboxylic acids is 2. The van der Waals surface area contributed by atoms with Crippen molar-refractivity contribution in [3.8, 4) is 0 Å². The summed E-state index contributed by atoms with van der Waals surface area (Å²) in [5.74, 6) is -2.80. The zero-order chi connectivity index (χ0) is 30.3. The SMILES string of the molecule is CC[C@H]1OC(=O)[C@H](C)[C@@H](O)[C@H](C)[C@@H](O)[C@](C)(O)C[C@@H](C)CN(CCCNC(=O)NC(C)C)[C@H](C)[C@@H](O)[C@]1(C)O. The number of cyclic esters (lactones) is 1. The minimum absolute atomic E-state index is 0.00589. The molecule has 1 heterocycles. The van der Waals surface area contributed by atoms with Crippen molar-refractivity contribution >= 4 is 12.0 Å². The molecule has 1 saturated heterocycles. The van der Waals surface area contributed by atoms with Gasteiger partial charge in [0.25, 0.3) is 0 Å². The van der Waals surface area contributed by atoms with Crippen LogP contribution in [0.3, 0.4) is 0 Å². The lowest BCUT2D eigenvalue weighted by Crippen LogP contribution is -2.59. The van der Waals surface area contributed by atoms with Gasteiger partial charge in [-0.1, -0.05) is 20.8 Å². The Morgan fingerprint density at radius 2 is 1.69 bits per heavy atom. The number of aliphatic hydroxyl groups excluding tert-OH is 3. The smallest absolute Gasteiger partial charge is 0.314 e. The van der Waals surface area contributed by atoms with Gasteiger partial charge in [0.15, 0.2) is 0 Å². The maximum atomic E-state index is 13.0. The summed E-state index contributed by atoms with van der Waals surface area (Å²) in [5.41, 5.74) is -3.37. The van der Waals surface area contributed by atoms with E-state index in [2.05, 4.69) is 10.6 Å². The number of urea groups is 1. The third-order valence-electron chi connectivity index (χ3n) is 8.11. The second-order valence-electron chi connectivity index (χ2n) is 12.4. The molecular formula is C28H55N3O8. The number of hydrogen-bond acceptors (Lipinski definition) is 9. The largest absolute Gasteiger partial charge is 0.459 e. The molecule has 1 fully saturated rings. The lowest BCUT2D eigenvalue weighted by atomic mass is 9.78. The van der Waals surface area contributed by atoms with Gasteiger partial charge in [-0.3, -0.25) is 9.69 Å². The van der Waals surface area contributed by atoms with E-state index in [-0.39, 0.29) is 30.8 Å². The average Bonchev–Trinajstić information content (AvgIpc) is 2.84. The van der Waals surface area contributed by atoms with Crippen molar-refractivity contribution in [2.45, 2.75) is 129 Å². The fraction of sp³-hybridized carbons (Fsp3) is 0.929. The zero-order valence-electron chi connectivity index (χ0n) is 25.3. The molecule has 0 spiro atoms. The first-order valence-corrected chi connectivity index (χ1v) is 14.3. The van der Waals surface area contributed by atoms with Crippen LogP contribution in [0.4, 0.5) is 4.79 Å². The highest BCUT2D eigenvalue weighted by molar-refractivity contribution is 5.74. The van der Waals surface area contributed by atoms with E-state index in [9.17, 15) is 35.1 Å². The topological polar surface area (TPSA) is 172 Å². The molecule has 0 aliphatic carbocycles. The lowest BCUT2D eigenvalue weighted by molar-refractivity contribution is -0.193. The molecule has 2 amide bonds. The van der Waals surface area contributed by atoms with Crippen LogP contribution < -0.4 is 10.6 Å². The maximum absolute atomic E-state index is 13.0. The molecule has 39 heavy (non-hydrogen) atoms. The van der Waals surface area contributed by atoms with Gasteiger partial charge in [-0.15, -0.1) is 0 Å². The first kappa shape index (κ1) is 35.5. The first-order chi connectivity index (χ1) is 17.9. The molecule has 1 aliphatic rings. The van der Waals surface area contributed by atoms with Crippen LogP contribution in [-0.2, 0) is 9.53 Å². The van der Waals surface area contributed by atoms with Crippen molar-refractivity contribution in [3.63, 3.8) is 0 Å². The van der Waals surface area contributed by atoms with E-state index in [0.717, 1.165) is 0 Å². The highest BCUT2D eigenvalue weighted by Gasteiger charge is 2.47. The van der Waals surface area contributed by atoms with Crippen LogP contribution in [0.25, 0.3) is 0 Å². The van der Waals surface area contributed by atoms with Crippen molar-refractivity contribution in [2.75, 3.05) is 19.6 Å². The van der Waals surface area contributed by atoms with Crippen molar-refractivity contribution in [1.82, 2.24) is 15.5 Å². The number of amides is 2. The van der Waals surface area contributed by atoms with Crippen LogP contribution in [0.1, 0.15) is 81.6 Å². The molecule has 1 rings (SSSR count). The lowest BCUT2D eigenvalue weighted by Gasteiger charge is -2.43. The third kappa shape index (κ3) is 9.82. The highest BCUT2D eigenvalue weighted by Crippen LogP contribution is 2.32. The monoisotopic (exact) mass is 561 g/mol. The van der Waals surface area contributed by atoms with E-state index in [1.54, 1.807) is 20.8 Å². The Balaban J connectivity index is 3.31. The summed E-state index contributed by atoms with van der Waals surface area (Å²) in [4.78, 5) is 26.9. The van der Waals surface area contributed by atoms with Crippen LogP contribution >= 0.6 is 0 Å². The normalized spacial score (nSPS) is 39.9. The van der Waals surface area contributed by atoms with Crippen LogP contribution in [0, 0.1) is 17.8 Å². The molecule has 0 aromatic carbocycles. The number of carbonyl (C=O) groups is 2. The van der Waals surface area contributed by atoms with E-state index in [0.29, 0.717) is 26.1 Å². The number of hydrogen-bond donors (Lipinski definition) is 7. The van der Waals surface area contributed by atoms with Gasteiger partial charge >= 0.3 is 12.0 Å². The summed E-state index contributed by atoms with van der Waals surface area (Å²) in [6.07, 6.45) is -4.01. The van der Waals surface area contributed by atoms with Crippen LogP contribution in [0.5, 0.6) is 0 Å². The van der Waals surface area contributed by atoms with Crippen molar-refractivity contribution in [2.24, 2.45) is 17.8 Å². The van der Waals surface area contributed by atoms with Gasteiger partial charge in [-0.25, -0.2) is 4.79 Å². The predicted molar refractivity (Wildman–Crippen MR) is 149 cm³/mol. The number of aliphatic hydroxyl groups is 5. The quantitative estimate of drug-likeness (QED) is 0.184. The molecule has 0 aromatic rings. The molecular weight excluding hydrogens is 506 g/mol. The van der Waals surface area contributed by atoms with Gasteiger partial charge in [0.1, 0.15) is 17.8 Å². The summed E-state index contributed by atoms with van der Waals surface area (Å²) in [7, 11) is 0. The third-order valence-corrected chi connectivity index (χ3v) is 8.11. The number of rotatable bonds is 6.